The summed E-state index contributed by atoms with van der Waals surface area (Å²) in [6.07, 6.45) is 9.24. The van der Waals surface area contributed by atoms with Crippen LogP contribution >= 0.6 is 0 Å². The van der Waals surface area contributed by atoms with Crippen LogP contribution in [-0.2, 0) is 4.79 Å². The number of rotatable bonds is 5. The summed E-state index contributed by atoms with van der Waals surface area (Å²) in [6, 6.07) is 0. The average Bonchev–Trinajstić information content (AvgIpc) is 2.19. The number of Topliss-reactive ketones (excluding diaryl/α,β-unsaturated/α-hetero) is 1. The first-order valence-electron chi connectivity index (χ1n) is 6.66. The Morgan fingerprint density at radius 1 is 1.20 bits per heavy atom. The maximum atomic E-state index is 12.0. The molecule has 0 radical (unpaired) electrons. The van der Waals surface area contributed by atoms with Crippen LogP contribution < -0.4 is 0 Å². The fraction of sp³-hybridized carbons (Fsp3) is 0.929. The van der Waals surface area contributed by atoms with Crippen LogP contribution in [0.15, 0.2) is 0 Å². The lowest BCUT2D eigenvalue weighted by molar-refractivity contribution is -0.129. The molecule has 0 aromatic rings. The van der Waals surface area contributed by atoms with E-state index < -0.39 is 0 Å². The van der Waals surface area contributed by atoms with Gasteiger partial charge in [0, 0.05) is 12.3 Å². The van der Waals surface area contributed by atoms with Gasteiger partial charge >= 0.3 is 0 Å². The Morgan fingerprint density at radius 2 is 1.80 bits per heavy atom. The molecule has 1 rings (SSSR count). The van der Waals surface area contributed by atoms with Gasteiger partial charge in [-0.1, -0.05) is 40.0 Å². The number of hydrogen-bond donors (Lipinski definition) is 0. The summed E-state index contributed by atoms with van der Waals surface area (Å²) >= 11 is 0. The van der Waals surface area contributed by atoms with Crippen LogP contribution in [-0.4, -0.2) is 5.78 Å². The lowest BCUT2D eigenvalue weighted by Crippen LogP contribution is -2.35. The number of ketones is 1. The van der Waals surface area contributed by atoms with Gasteiger partial charge in [0.25, 0.3) is 0 Å². The van der Waals surface area contributed by atoms with E-state index in [-0.39, 0.29) is 0 Å². The molecule has 1 saturated carbocycles. The Morgan fingerprint density at radius 3 is 2.27 bits per heavy atom. The standard InChI is InChI=1S/C14H26O/c1-4-10-14(3,11-5-2)12-8-6-7-9-13(12)15/h12H,4-11H2,1-3H3. The number of hydrogen-bond acceptors (Lipinski definition) is 1. The molecule has 1 atom stereocenters. The van der Waals surface area contributed by atoms with Crippen LogP contribution in [0.3, 0.4) is 0 Å². The van der Waals surface area contributed by atoms with E-state index in [2.05, 4.69) is 20.8 Å². The van der Waals surface area contributed by atoms with E-state index in [1.54, 1.807) is 0 Å². The SMILES string of the molecule is CCCC(C)(CCC)C1CCCCC1=O. The smallest absolute Gasteiger partial charge is 0.136 e. The zero-order chi connectivity index (χ0) is 11.3. The third-order valence-corrected chi connectivity index (χ3v) is 4.04. The first-order chi connectivity index (χ1) is 7.14. The van der Waals surface area contributed by atoms with Crippen LogP contribution in [0, 0.1) is 11.3 Å². The minimum Gasteiger partial charge on any atom is -0.299 e. The monoisotopic (exact) mass is 210 g/mol. The van der Waals surface area contributed by atoms with Gasteiger partial charge < -0.3 is 0 Å². The highest BCUT2D eigenvalue weighted by Gasteiger charge is 2.38. The van der Waals surface area contributed by atoms with E-state index in [1.165, 1.54) is 32.1 Å². The summed E-state index contributed by atoms with van der Waals surface area (Å²) in [5.41, 5.74) is 0.293. The third-order valence-electron chi connectivity index (χ3n) is 4.04. The predicted molar refractivity (Wildman–Crippen MR) is 64.9 cm³/mol. The zero-order valence-corrected chi connectivity index (χ0v) is 10.6. The minimum absolute atomic E-state index is 0.293. The van der Waals surface area contributed by atoms with Crippen molar-refractivity contribution in [3.63, 3.8) is 0 Å². The van der Waals surface area contributed by atoms with Crippen molar-refractivity contribution in [3.05, 3.63) is 0 Å². The summed E-state index contributed by atoms with van der Waals surface area (Å²) < 4.78 is 0. The molecule has 0 amide bonds. The maximum absolute atomic E-state index is 12.0. The van der Waals surface area contributed by atoms with Crippen LogP contribution in [0.5, 0.6) is 0 Å². The minimum atomic E-state index is 0.293. The Labute approximate surface area is 94.6 Å². The largest absolute Gasteiger partial charge is 0.299 e. The van der Waals surface area contributed by atoms with E-state index in [0.717, 1.165) is 19.3 Å². The molecule has 0 aliphatic heterocycles. The molecule has 1 unspecified atom stereocenters. The van der Waals surface area contributed by atoms with Crippen LogP contribution in [0.2, 0.25) is 0 Å². The number of carbonyl (C=O) groups excluding carboxylic acids is 1. The molecule has 0 spiro atoms. The van der Waals surface area contributed by atoms with Gasteiger partial charge in [0.05, 0.1) is 0 Å². The van der Waals surface area contributed by atoms with Gasteiger partial charge in [0.1, 0.15) is 5.78 Å². The second kappa shape index (κ2) is 5.67. The van der Waals surface area contributed by atoms with Gasteiger partial charge in [-0.2, -0.15) is 0 Å². The van der Waals surface area contributed by atoms with Gasteiger partial charge in [-0.05, 0) is 31.1 Å². The first kappa shape index (κ1) is 12.7. The van der Waals surface area contributed by atoms with Gasteiger partial charge in [-0.25, -0.2) is 0 Å². The lowest BCUT2D eigenvalue weighted by atomic mass is 9.65. The normalized spacial score (nSPS) is 23.1. The Balaban J connectivity index is 2.72. The fourth-order valence-corrected chi connectivity index (χ4v) is 3.34. The topological polar surface area (TPSA) is 17.1 Å². The van der Waals surface area contributed by atoms with Crippen LogP contribution in [0.4, 0.5) is 0 Å². The Kier molecular flexibility index (Phi) is 4.82. The summed E-state index contributed by atoms with van der Waals surface area (Å²) in [7, 11) is 0. The van der Waals surface area contributed by atoms with Crippen molar-refractivity contribution in [3.8, 4) is 0 Å². The molecule has 88 valence electrons. The zero-order valence-electron chi connectivity index (χ0n) is 10.6. The number of carbonyl (C=O) groups is 1. The molecule has 1 heteroatoms. The molecule has 0 saturated heterocycles. The van der Waals surface area contributed by atoms with E-state index >= 15 is 0 Å². The average molecular weight is 210 g/mol. The van der Waals surface area contributed by atoms with Crippen molar-refractivity contribution in [1.29, 1.82) is 0 Å². The van der Waals surface area contributed by atoms with E-state index in [0.29, 0.717) is 17.1 Å². The van der Waals surface area contributed by atoms with Gasteiger partial charge in [-0.15, -0.1) is 0 Å². The molecule has 1 aliphatic rings. The Bertz CT molecular complexity index is 201. The summed E-state index contributed by atoms with van der Waals surface area (Å²) in [5.74, 6) is 0.914. The predicted octanol–water partition coefficient (Wildman–Crippen LogP) is 4.35. The highest BCUT2D eigenvalue weighted by atomic mass is 16.1. The van der Waals surface area contributed by atoms with E-state index in [1.807, 2.05) is 0 Å². The van der Waals surface area contributed by atoms with Crippen molar-refractivity contribution in [2.75, 3.05) is 0 Å². The third kappa shape index (κ3) is 3.06. The van der Waals surface area contributed by atoms with Crippen molar-refractivity contribution in [1.82, 2.24) is 0 Å². The maximum Gasteiger partial charge on any atom is 0.136 e. The molecular formula is C14H26O. The van der Waals surface area contributed by atoms with Gasteiger partial charge in [0.2, 0.25) is 0 Å². The molecule has 0 bridgehead atoms. The molecule has 0 heterocycles. The molecule has 0 aromatic carbocycles. The fourth-order valence-electron chi connectivity index (χ4n) is 3.34. The second-order valence-electron chi connectivity index (χ2n) is 5.42. The molecule has 1 fully saturated rings. The van der Waals surface area contributed by atoms with Crippen LogP contribution in [0.1, 0.15) is 72.1 Å². The highest BCUT2D eigenvalue weighted by molar-refractivity contribution is 5.82. The Hall–Kier alpha value is -0.330. The van der Waals surface area contributed by atoms with Gasteiger partial charge in [-0.3, -0.25) is 4.79 Å². The summed E-state index contributed by atoms with van der Waals surface area (Å²) in [6.45, 7) is 6.82. The molecule has 0 aromatic heterocycles. The quantitative estimate of drug-likeness (QED) is 0.659. The van der Waals surface area contributed by atoms with E-state index in [9.17, 15) is 4.79 Å². The van der Waals surface area contributed by atoms with Crippen molar-refractivity contribution in [2.45, 2.75) is 72.1 Å². The van der Waals surface area contributed by atoms with Crippen molar-refractivity contribution >= 4 is 5.78 Å². The first-order valence-corrected chi connectivity index (χ1v) is 6.66. The lowest BCUT2D eigenvalue weighted by Gasteiger charge is -2.39. The summed E-state index contributed by atoms with van der Waals surface area (Å²) in [5, 5.41) is 0. The molecule has 1 nitrogen and oxygen atoms in total. The van der Waals surface area contributed by atoms with E-state index in [4.69, 9.17) is 0 Å². The summed E-state index contributed by atoms with van der Waals surface area (Å²) in [4.78, 5) is 12.0. The van der Waals surface area contributed by atoms with Crippen molar-refractivity contribution < 1.29 is 4.79 Å². The van der Waals surface area contributed by atoms with Crippen LogP contribution in [0.25, 0.3) is 0 Å². The molecule has 15 heavy (non-hydrogen) atoms. The molecular weight excluding hydrogens is 184 g/mol. The van der Waals surface area contributed by atoms with Crippen molar-refractivity contribution in [2.24, 2.45) is 11.3 Å². The molecule has 0 N–H and O–H groups in total. The highest BCUT2D eigenvalue weighted by Crippen LogP contribution is 2.43. The van der Waals surface area contributed by atoms with Gasteiger partial charge in [0.15, 0.2) is 0 Å². The molecule has 1 aliphatic carbocycles. The second-order valence-corrected chi connectivity index (χ2v) is 5.42.